The molecule has 0 aromatic heterocycles. The van der Waals surface area contributed by atoms with E-state index < -0.39 is 30.5 Å². The van der Waals surface area contributed by atoms with Crippen LogP contribution in [0.2, 0.25) is 0 Å². The van der Waals surface area contributed by atoms with Gasteiger partial charge >= 0.3 is 5.97 Å². The largest absolute Gasteiger partial charge is 0.459 e. The highest BCUT2D eigenvalue weighted by Gasteiger charge is 2.60. The molecule has 1 heterocycles. The molecule has 1 saturated heterocycles. The standard InChI is InChI=1S/C27H39N3O5/c1-15-25(34-16(2)31)22(29-30-28)14-24(33-15)35-23-8-7-20-19-6-5-17-13-18(32)9-11-26(17,3)21(19)10-12-27(20,23)4/h13,15,19-25H,5-12,14H2,1-4H3/t15-,19-,20-,21-,22+,23-,24-,25-,26-,27-/m0/s1. The van der Waals surface area contributed by atoms with Gasteiger partial charge in [0.2, 0.25) is 0 Å². The molecule has 3 saturated carbocycles. The van der Waals surface area contributed by atoms with Gasteiger partial charge in [0, 0.05) is 24.7 Å². The minimum absolute atomic E-state index is 0.0938. The number of carbonyl (C=O) groups excluding carboxylic acids is 2. The number of rotatable bonds is 4. The van der Waals surface area contributed by atoms with Gasteiger partial charge in [0.05, 0.1) is 18.2 Å². The van der Waals surface area contributed by atoms with Crippen LogP contribution in [-0.4, -0.2) is 42.4 Å². The van der Waals surface area contributed by atoms with Crippen LogP contribution in [0.4, 0.5) is 0 Å². The van der Waals surface area contributed by atoms with Crippen LogP contribution in [0.25, 0.3) is 10.4 Å². The lowest BCUT2D eigenvalue weighted by molar-refractivity contribution is -0.258. The normalized spacial score (nSPS) is 47.0. The first-order chi connectivity index (χ1) is 16.7. The van der Waals surface area contributed by atoms with E-state index in [-0.39, 0.29) is 16.9 Å². The second-order valence-electron chi connectivity index (χ2n) is 12.1. The first-order valence-electron chi connectivity index (χ1n) is 13.4. The number of allylic oxidation sites excluding steroid dienone is 1. The summed E-state index contributed by atoms with van der Waals surface area (Å²) in [6, 6.07) is -0.504. The van der Waals surface area contributed by atoms with Crippen LogP contribution in [0.3, 0.4) is 0 Å². The van der Waals surface area contributed by atoms with Gasteiger partial charge in [0.1, 0.15) is 6.10 Å². The first-order valence-corrected chi connectivity index (χ1v) is 13.4. The van der Waals surface area contributed by atoms with E-state index in [2.05, 4.69) is 23.9 Å². The predicted octanol–water partition coefficient (Wildman–Crippen LogP) is 5.65. The fourth-order valence-corrected chi connectivity index (χ4v) is 8.57. The van der Waals surface area contributed by atoms with Crippen molar-refractivity contribution in [1.82, 2.24) is 0 Å². The van der Waals surface area contributed by atoms with Crippen molar-refractivity contribution in [1.29, 1.82) is 0 Å². The van der Waals surface area contributed by atoms with E-state index in [4.69, 9.17) is 19.7 Å². The maximum atomic E-state index is 12.1. The van der Waals surface area contributed by atoms with Crippen LogP contribution in [-0.2, 0) is 23.8 Å². The van der Waals surface area contributed by atoms with Gasteiger partial charge in [0.15, 0.2) is 12.1 Å². The Bertz CT molecular complexity index is 960. The number of nitrogens with zero attached hydrogens (tertiary/aromatic N) is 3. The molecule has 35 heavy (non-hydrogen) atoms. The minimum atomic E-state index is -0.599. The van der Waals surface area contributed by atoms with Gasteiger partial charge in [0.25, 0.3) is 0 Å². The van der Waals surface area contributed by atoms with Gasteiger partial charge in [-0.1, -0.05) is 24.5 Å². The van der Waals surface area contributed by atoms with Gasteiger partial charge in [-0.15, -0.1) is 0 Å². The van der Waals surface area contributed by atoms with Crippen LogP contribution in [0, 0.1) is 28.6 Å². The lowest BCUT2D eigenvalue weighted by Crippen LogP contribution is -2.53. The summed E-state index contributed by atoms with van der Waals surface area (Å²) in [4.78, 5) is 26.6. The summed E-state index contributed by atoms with van der Waals surface area (Å²) in [5, 5.41) is 3.91. The van der Waals surface area contributed by atoms with Crippen LogP contribution in [0.1, 0.15) is 85.5 Å². The summed E-state index contributed by atoms with van der Waals surface area (Å²) in [5.41, 5.74) is 10.7. The van der Waals surface area contributed by atoms with E-state index in [9.17, 15) is 9.59 Å². The Morgan fingerprint density at radius 2 is 1.97 bits per heavy atom. The van der Waals surface area contributed by atoms with Crippen molar-refractivity contribution in [2.75, 3.05) is 0 Å². The molecule has 4 aliphatic carbocycles. The number of fused-ring (bicyclic) bond motifs is 5. The van der Waals surface area contributed by atoms with Gasteiger partial charge in [-0.3, -0.25) is 9.59 Å². The second kappa shape index (κ2) is 9.20. The highest BCUT2D eigenvalue weighted by Crippen LogP contribution is 2.65. The molecular weight excluding hydrogens is 446 g/mol. The SMILES string of the molecule is CC(=O)O[C@H]1[C@H](C)O[C@@H](O[C@H]2CC[C@H]3[C@@H]4CCC5=CC(=O)CC[C@]5(C)[C@H]4CC[C@]23C)C[C@H]1N=[N+]=[N-]. The third-order valence-corrected chi connectivity index (χ3v) is 10.3. The monoisotopic (exact) mass is 485 g/mol. The molecule has 0 bridgehead atoms. The van der Waals surface area contributed by atoms with E-state index >= 15 is 0 Å². The number of hydrogen-bond acceptors (Lipinski definition) is 6. The fourth-order valence-electron chi connectivity index (χ4n) is 8.57. The highest BCUT2D eigenvalue weighted by atomic mass is 16.7. The van der Waals surface area contributed by atoms with Crippen LogP contribution in [0.15, 0.2) is 16.8 Å². The molecule has 0 spiro atoms. The Morgan fingerprint density at radius 3 is 2.71 bits per heavy atom. The Morgan fingerprint density at radius 1 is 1.17 bits per heavy atom. The number of azide groups is 1. The molecule has 1 aliphatic heterocycles. The average Bonchev–Trinajstić information content (AvgIpc) is 3.13. The summed E-state index contributed by atoms with van der Waals surface area (Å²) in [6.45, 7) is 8.02. The number of carbonyl (C=O) groups is 2. The molecular formula is C27H39N3O5. The molecule has 192 valence electrons. The zero-order chi connectivity index (χ0) is 25.0. The molecule has 8 heteroatoms. The second-order valence-corrected chi connectivity index (χ2v) is 12.1. The molecule has 10 atom stereocenters. The van der Waals surface area contributed by atoms with E-state index in [1.807, 2.05) is 13.0 Å². The van der Waals surface area contributed by atoms with Gasteiger partial charge in [-0.25, -0.2) is 0 Å². The lowest BCUT2D eigenvalue weighted by Gasteiger charge is -2.58. The van der Waals surface area contributed by atoms with E-state index in [0.717, 1.165) is 32.1 Å². The number of esters is 1. The van der Waals surface area contributed by atoms with E-state index in [1.54, 1.807) is 0 Å². The average molecular weight is 486 g/mol. The molecule has 8 nitrogen and oxygen atoms in total. The van der Waals surface area contributed by atoms with Crippen molar-refractivity contribution in [3.8, 4) is 0 Å². The summed E-state index contributed by atoms with van der Waals surface area (Å²) < 4.78 is 18.2. The van der Waals surface area contributed by atoms with Crippen molar-refractivity contribution in [3.63, 3.8) is 0 Å². The molecule has 4 fully saturated rings. The Labute approximate surface area is 207 Å². The van der Waals surface area contributed by atoms with Gasteiger partial charge in [-0.2, -0.15) is 0 Å². The van der Waals surface area contributed by atoms with Gasteiger partial charge in [-0.05, 0) is 92.1 Å². The van der Waals surface area contributed by atoms with Crippen molar-refractivity contribution in [2.45, 2.75) is 116 Å². The molecule has 0 radical (unpaired) electrons. The van der Waals surface area contributed by atoms with Crippen molar-refractivity contribution in [2.24, 2.45) is 33.7 Å². The van der Waals surface area contributed by atoms with Crippen LogP contribution < -0.4 is 0 Å². The van der Waals surface area contributed by atoms with E-state index in [1.165, 1.54) is 25.3 Å². The van der Waals surface area contributed by atoms with Crippen LogP contribution in [0.5, 0.6) is 0 Å². The third kappa shape index (κ3) is 4.21. The summed E-state index contributed by atoms with van der Waals surface area (Å²) in [5.74, 6) is 1.84. The fraction of sp³-hybridized carbons (Fsp3) is 0.852. The Balaban J connectivity index is 1.30. The first kappa shape index (κ1) is 24.8. The molecule has 0 unspecified atom stereocenters. The van der Waals surface area contributed by atoms with Gasteiger partial charge < -0.3 is 14.2 Å². The highest BCUT2D eigenvalue weighted by molar-refractivity contribution is 5.91. The molecule has 0 aromatic carbocycles. The zero-order valence-corrected chi connectivity index (χ0v) is 21.4. The molecule has 0 N–H and O–H groups in total. The zero-order valence-electron chi connectivity index (χ0n) is 21.4. The van der Waals surface area contributed by atoms with Crippen LogP contribution >= 0.6 is 0 Å². The van der Waals surface area contributed by atoms with E-state index in [0.29, 0.717) is 36.4 Å². The maximum absolute atomic E-state index is 12.1. The summed E-state index contributed by atoms with van der Waals surface area (Å²) in [6.07, 6.45) is 9.35. The molecule has 0 amide bonds. The summed E-state index contributed by atoms with van der Waals surface area (Å²) in [7, 11) is 0. The topological polar surface area (TPSA) is 111 Å². The van der Waals surface area contributed by atoms with Crippen molar-refractivity contribution in [3.05, 3.63) is 22.1 Å². The predicted molar refractivity (Wildman–Crippen MR) is 129 cm³/mol. The van der Waals surface area contributed by atoms with Crippen molar-refractivity contribution < 1.29 is 23.8 Å². The number of ketones is 1. The molecule has 5 rings (SSSR count). The Kier molecular flexibility index (Phi) is 6.52. The smallest absolute Gasteiger partial charge is 0.303 e. The Hall–Kier alpha value is -1.89. The third-order valence-electron chi connectivity index (χ3n) is 10.3. The maximum Gasteiger partial charge on any atom is 0.303 e. The number of hydrogen-bond donors (Lipinski definition) is 0. The molecule has 5 aliphatic rings. The number of ether oxygens (including phenoxy) is 3. The molecule has 0 aromatic rings. The van der Waals surface area contributed by atoms with Crippen molar-refractivity contribution >= 4 is 11.8 Å². The quantitative estimate of drug-likeness (QED) is 0.221. The lowest BCUT2D eigenvalue weighted by atomic mass is 9.47. The summed E-state index contributed by atoms with van der Waals surface area (Å²) >= 11 is 0. The minimum Gasteiger partial charge on any atom is -0.459 e.